The highest BCUT2D eigenvalue weighted by atomic mass is 19.3. The predicted molar refractivity (Wildman–Crippen MR) is 97.6 cm³/mol. The van der Waals surface area contributed by atoms with Crippen molar-refractivity contribution in [3.8, 4) is 0 Å². The van der Waals surface area contributed by atoms with Crippen LogP contribution in [0.2, 0.25) is 0 Å². The first-order valence-corrected chi connectivity index (χ1v) is 8.99. The molecule has 1 N–H and O–H groups in total. The van der Waals surface area contributed by atoms with Gasteiger partial charge in [0.25, 0.3) is 6.43 Å². The van der Waals surface area contributed by atoms with Gasteiger partial charge < -0.3 is 14.6 Å². The van der Waals surface area contributed by atoms with Crippen molar-refractivity contribution in [2.45, 2.75) is 25.4 Å². The summed E-state index contributed by atoms with van der Waals surface area (Å²) in [6.45, 7) is 1.23. The van der Waals surface area contributed by atoms with E-state index in [-0.39, 0.29) is 5.92 Å². The highest BCUT2D eigenvalue weighted by molar-refractivity contribution is 5.89. The van der Waals surface area contributed by atoms with Crippen LogP contribution in [-0.4, -0.2) is 37.7 Å². The van der Waals surface area contributed by atoms with Crippen LogP contribution in [0.4, 0.5) is 14.6 Å². The predicted octanol–water partition coefficient (Wildman–Crippen LogP) is 3.25. The van der Waals surface area contributed by atoms with Gasteiger partial charge in [0.05, 0.1) is 5.52 Å². The quantitative estimate of drug-likeness (QED) is 0.760. The summed E-state index contributed by atoms with van der Waals surface area (Å²) < 4.78 is 28.4. The number of aryl methyl sites for hydroxylation is 1. The lowest BCUT2D eigenvalue weighted by molar-refractivity contribution is 0.0873. The van der Waals surface area contributed by atoms with Gasteiger partial charge in [-0.2, -0.15) is 0 Å². The maximum Gasteiger partial charge on any atom is 0.297 e. The molecule has 8 heteroatoms. The SMILES string of the molecule is Cn1ccnc1C(O)C1CCCN(c2nc(C(F)F)nc3ccccc23)C1. The molecular formula is C19H21F2N5O. The van der Waals surface area contributed by atoms with Gasteiger partial charge in [0.2, 0.25) is 0 Å². The molecule has 3 aromatic rings. The van der Waals surface area contributed by atoms with Gasteiger partial charge in [0.1, 0.15) is 17.7 Å². The van der Waals surface area contributed by atoms with Gasteiger partial charge in [0, 0.05) is 43.8 Å². The molecule has 1 saturated heterocycles. The number of benzene rings is 1. The van der Waals surface area contributed by atoms with E-state index < -0.39 is 18.4 Å². The third kappa shape index (κ3) is 3.37. The first kappa shape index (κ1) is 17.8. The normalized spacial score (nSPS) is 19.0. The highest BCUT2D eigenvalue weighted by Gasteiger charge is 2.31. The molecule has 2 atom stereocenters. The maximum absolute atomic E-state index is 13.3. The summed E-state index contributed by atoms with van der Waals surface area (Å²) in [6, 6.07) is 7.19. The van der Waals surface area contributed by atoms with E-state index >= 15 is 0 Å². The van der Waals surface area contributed by atoms with Crippen LogP contribution in [0.1, 0.15) is 37.0 Å². The third-order valence-corrected chi connectivity index (χ3v) is 5.12. The summed E-state index contributed by atoms with van der Waals surface area (Å²) in [5.41, 5.74) is 0.504. The zero-order chi connectivity index (χ0) is 19.0. The fourth-order valence-corrected chi connectivity index (χ4v) is 3.75. The van der Waals surface area contributed by atoms with Crippen LogP contribution in [0.25, 0.3) is 10.9 Å². The number of aliphatic hydroxyl groups is 1. The van der Waals surface area contributed by atoms with Crippen LogP contribution in [0.5, 0.6) is 0 Å². The second-order valence-electron chi connectivity index (χ2n) is 6.91. The molecule has 2 aromatic heterocycles. The molecule has 4 rings (SSSR count). The van der Waals surface area contributed by atoms with Crippen LogP contribution in [0, 0.1) is 5.92 Å². The average molecular weight is 373 g/mol. The number of aromatic nitrogens is 4. The van der Waals surface area contributed by atoms with E-state index in [2.05, 4.69) is 15.0 Å². The standard InChI is InChI=1S/C19H21F2N5O/c1-25-10-8-22-19(25)15(27)12-5-4-9-26(11-12)18-13-6-2-3-7-14(13)23-17(24-18)16(20)21/h2-3,6-8,10,12,15-16,27H,4-5,9,11H2,1H3. The topological polar surface area (TPSA) is 67.1 Å². The Morgan fingerprint density at radius 1 is 1.22 bits per heavy atom. The number of rotatable bonds is 4. The van der Waals surface area contributed by atoms with Crippen molar-refractivity contribution < 1.29 is 13.9 Å². The van der Waals surface area contributed by atoms with E-state index in [1.54, 1.807) is 29.1 Å². The van der Waals surface area contributed by atoms with Gasteiger partial charge in [-0.3, -0.25) is 0 Å². The van der Waals surface area contributed by atoms with Gasteiger partial charge in [-0.1, -0.05) is 12.1 Å². The first-order valence-electron chi connectivity index (χ1n) is 8.99. The minimum Gasteiger partial charge on any atom is -0.385 e. The summed E-state index contributed by atoms with van der Waals surface area (Å²) in [6.07, 6.45) is 1.70. The average Bonchev–Trinajstić information content (AvgIpc) is 3.12. The number of para-hydroxylation sites is 1. The molecule has 1 aliphatic heterocycles. The Morgan fingerprint density at radius 3 is 2.78 bits per heavy atom. The lowest BCUT2D eigenvalue weighted by Gasteiger charge is -2.36. The summed E-state index contributed by atoms with van der Waals surface area (Å²) in [7, 11) is 1.85. The van der Waals surface area contributed by atoms with E-state index in [0.717, 1.165) is 18.2 Å². The molecule has 0 amide bonds. The second kappa shape index (κ2) is 7.19. The van der Waals surface area contributed by atoms with Gasteiger partial charge in [-0.15, -0.1) is 0 Å². The zero-order valence-electron chi connectivity index (χ0n) is 15.0. The molecule has 1 aromatic carbocycles. The van der Waals surface area contributed by atoms with Crippen LogP contribution < -0.4 is 4.90 Å². The Labute approximate surface area is 155 Å². The Morgan fingerprint density at radius 2 is 2.04 bits per heavy atom. The molecule has 0 saturated carbocycles. The highest BCUT2D eigenvalue weighted by Crippen LogP contribution is 2.34. The van der Waals surface area contributed by atoms with Crippen LogP contribution in [0.3, 0.4) is 0 Å². The number of aliphatic hydroxyl groups excluding tert-OH is 1. The fourth-order valence-electron chi connectivity index (χ4n) is 3.75. The zero-order valence-corrected chi connectivity index (χ0v) is 15.0. The fraction of sp³-hybridized carbons (Fsp3) is 0.421. The molecular weight excluding hydrogens is 352 g/mol. The van der Waals surface area contributed by atoms with E-state index in [4.69, 9.17) is 0 Å². The number of fused-ring (bicyclic) bond motifs is 1. The number of alkyl halides is 2. The van der Waals surface area contributed by atoms with Crippen molar-refractivity contribution in [2.75, 3.05) is 18.0 Å². The van der Waals surface area contributed by atoms with E-state index in [1.807, 2.05) is 24.1 Å². The van der Waals surface area contributed by atoms with E-state index in [1.165, 1.54) is 0 Å². The van der Waals surface area contributed by atoms with Crippen molar-refractivity contribution in [1.82, 2.24) is 19.5 Å². The lowest BCUT2D eigenvalue weighted by atomic mass is 9.91. The Hall–Kier alpha value is -2.61. The largest absolute Gasteiger partial charge is 0.385 e. The second-order valence-corrected chi connectivity index (χ2v) is 6.91. The van der Waals surface area contributed by atoms with Crippen molar-refractivity contribution >= 4 is 16.7 Å². The number of nitrogens with zero attached hydrogens (tertiary/aromatic N) is 5. The number of imidazole rings is 1. The molecule has 1 aliphatic rings. The Balaban J connectivity index is 1.68. The summed E-state index contributed by atoms with van der Waals surface area (Å²) >= 11 is 0. The van der Waals surface area contributed by atoms with Crippen LogP contribution in [-0.2, 0) is 7.05 Å². The van der Waals surface area contributed by atoms with Gasteiger partial charge >= 0.3 is 0 Å². The van der Waals surface area contributed by atoms with Gasteiger partial charge in [-0.25, -0.2) is 23.7 Å². The Kier molecular flexibility index (Phi) is 4.73. The number of halogens is 2. The molecule has 142 valence electrons. The van der Waals surface area contributed by atoms with Gasteiger partial charge in [0.15, 0.2) is 5.82 Å². The van der Waals surface area contributed by atoms with Crippen molar-refractivity contribution in [3.63, 3.8) is 0 Å². The number of hydrogen-bond donors (Lipinski definition) is 1. The van der Waals surface area contributed by atoms with Crippen molar-refractivity contribution in [2.24, 2.45) is 13.0 Å². The molecule has 6 nitrogen and oxygen atoms in total. The number of anilines is 1. The molecule has 1 fully saturated rings. The van der Waals surface area contributed by atoms with Crippen molar-refractivity contribution in [1.29, 1.82) is 0 Å². The monoisotopic (exact) mass is 373 g/mol. The molecule has 27 heavy (non-hydrogen) atoms. The lowest BCUT2D eigenvalue weighted by Crippen LogP contribution is -2.39. The molecule has 0 spiro atoms. The summed E-state index contributed by atoms with van der Waals surface area (Å²) in [5, 5.41) is 11.5. The molecule has 0 bridgehead atoms. The molecule has 3 heterocycles. The van der Waals surface area contributed by atoms with Gasteiger partial charge in [-0.05, 0) is 25.0 Å². The maximum atomic E-state index is 13.3. The number of hydrogen-bond acceptors (Lipinski definition) is 5. The van der Waals surface area contributed by atoms with Crippen LogP contribution in [0.15, 0.2) is 36.7 Å². The molecule has 0 radical (unpaired) electrons. The van der Waals surface area contributed by atoms with E-state index in [9.17, 15) is 13.9 Å². The molecule has 2 unspecified atom stereocenters. The summed E-state index contributed by atoms with van der Waals surface area (Å²) in [4.78, 5) is 14.4. The third-order valence-electron chi connectivity index (χ3n) is 5.12. The Bertz CT molecular complexity index is 945. The first-order chi connectivity index (χ1) is 13.0. The molecule has 0 aliphatic carbocycles. The van der Waals surface area contributed by atoms with Crippen LogP contribution >= 0.6 is 0 Å². The minimum absolute atomic E-state index is 0.0522. The minimum atomic E-state index is -2.73. The number of piperidine rings is 1. The van der Waals surface area contributed by atoms with E-state index in [0.29, 0.717) is 30.2 Å². The van der Waals surface area contributed by atoms with Crippen molar-refractivity contribution in [3.05, 3.63) is 48.3 Å². The smallest absolute Gasteiger partial charge is 0.297 e. The summed E-state index contributed by atoms with van der Waals surface area (Å²) in [5.74, 6) is 0.606.